The molecule has 0 atom stereocenters. The van der Waals surface area contributed by atoms with Crippen molar-refractivity contribution in [1.29, 1.82) is 0 Å². The molecule has 6 heteroatoms. The zero-order valence-corrected chi connectivity index (χ0v) is 15.1. The summed E-state index contributed by atoms with van der Waals surface area (Å²) in [6, 6.07) is 9.25. The highest BCUT2D eigenvalue weighted by molar-refractivity contribution is 5.92. The quantitative estimate of drug-likeness (QED) is 0.675. The molecule has 0 aliphatic carbocycles. The van der Waals surface area contributed by atoms with Crippen molar-refractivity contribution in [3.8, 4) is 5.75 Å². The second-order valence-corrected chi connectivity index (χ2v) is 6.07. The Morgan fingerprint density at radius 1 is 1.16 bits per heavy atom. The van der Waals surface area contributed by atoms with E-state index in [0.29, 0.717) is 18.1 Å². The smallest absolute Gasteiger partial charge is 0.270 e. The summed E-state index contributed by atoms with van der Waals surface area (Å²) in [4.78, 5) is 20.3. The standard InChI is InChI=1S/C19H26N4O2/c1-4-5-6-11-20-19(24)17-12-18(22-13-21-17)23-15-7-9-16(10-8-15)25-14(2)3/h7-10,12-14H,4-6,11H2,1-3H3,(H,20,24)(H,21,22,23). The van der Waals surface area contributed by atoms with E-state index in [9.17, 15) is 4.79 Å². The highest BCUT2D eigenvalue weighted by Crippen LogP contribution is 2.19. The lowest BCUT2D eigenvalue weighted by atomic mass is 10.2. The van der Waals surface area contributed by atoms with Gasteiger partial charge in [-0.05, 0) is 44.5 Å². The Balaban J connectivity index is 1.95. The summed E-state index contributed by atoms with van der Waals surface area (Å²) in [6.45, 7) is 6.77. The fourth-order valence-electron chi connectivity index (χ4n) is 2.25. The maximum absolute atomic E-state index is 12.1. The number of anilines is 2. The van der Waals surface area contributed by atoms with Gasteiger partial charge in [-0.2, -0.15) is 0 Å². The fraction of sp³-hybridized carbons (Fsp3) is 0.421. The summed E-state index contributed by atoms with van der Waals surface area (Å²) in [5, 5.41) is 6.05. The van der Waals surface area contributed by atoms with E-state index >= 15 is 0 Å². The molecule has 0 fully saturated rings. The van der Waals surface area contributed by atoms with Gasteiger partial charge in [0.1, 0.15) is 23.6 Å². The largest absolute Gasteiger partial charge is 0.491 e. The van der Waals surface area contributed by atoms with Gasteiger partial charge in [0, 0.05) is 18.3 Å². The van der Waals surface area contributed by atoms with Crippen LogP contribution in [-0.2, 0) is 0 Å². The first kappa shape index (κ1) is 18.7. The van der Waals surface area contributed by atoms with Crippen molar-refractivity contribution in [2.75, 3.05) is 11.9 Å². The van der Waals surface area contributed by atoms with E-state index in [1.807, 2.05) is 38.1 Å². The van der Waals surface area contributed by atoms with Gasteiger partial charge in [0.15, 0.2) is 0 Å². The second-order valence-electron chi connectivity index (χ2n) is 6.07. The van der Waals surface area contributed by atoms with Gasteiger partial charge in [0.25, 0.3) is 5.91 Å². The summed E-state index contributed by atoms with van der Waals surface area (Å²) in [6.07, 6.45) is 4.73. The third-order valence-corrected chi connectivity index (χ3v) is 3.46. The van der Waals surface area contributed by atoms with Crippen molar-refractivity contribution in [1.82, 2.24) is 15.3 Å². The summed E-state index contributed by atoms with van der Waals surface area (Å²) in [5.41, 5.74) is 1.22. The van der Waals surface area contributed by atoms with Crippen LogP contribution in [-0.4, -0.2) is 28.5 Å². The third-order valence-electron chi connectivity index (χ3n) is 3.46. The zero-order chi connectivity index (χ0) is 18.1. The number of amides is 1. The van der Waals surface area contributed by atoms with Gasteiger partial charge in [0.2, 0.25) is 0 Å². The van der Waals surface area contributed by atoms with Crippen molar-refractivity contribution in [3.63, 3.8) is 0 Å². The second kappa shape index (κ2) is 9.61. The number of hydrogen-bond donors (Lipinski definition) is 2. The van der Waals surface area contributed by atoms with Crippen LogP contribution in [0.25, 0.3) is 0 Å². The van der Waals surface area contributed by atoms with Gasteiger partial charge in [-0.1, -0.05) is 19.8 Å². The monoisotopic (exact) mass is 342 g/mol. The molecule has 2 rings (SSSR count). The SMILES string of the molecule is CCCCCNC(=O)c1cc(Nc2ccc(OC(C)C)cc2)ncn1. The number of unbranched alkanes of at least 4 members (excludes halogenated alkanes) is 2. The first-order valence-corrected chi connectivity index (χ1v) is 8.72. The van der Waals surface area contributed by atoms with E-state index in [4.69, 9.17) is 4.74 Å². The van der Waals surface area contributed by atoms with Crippen molar-refractivity contribution >= 4 is 17.4 Å². The van der Waals surface area contributed by atoms with Gasteiger partial charge in [-0.15, -0.1) is 0 Å². The number of carbonyl (C=O) groups excluding carboxylic acids is 1. The predicted molar refractivity (Wildman–Crippen MR) is 99.4 cm³/mol. The van der Waals surface area contributed by atoms with Crippen LogP contribution in [0.3, 0.4) is 0 Å². The number of rotatable bonds is 9. The average molecular weight is 342 g/mol. The summed E-state index contributed by atoms with van der Waals surface area (Å²) in [7, 11) is 0. The number of nitrogens with zero attached hydrogens (tertiary/aromatic N) is 2. The van der Waals surface area contributed by atoms with Crippen molar-refractivity contribution in [2.45, 2.75) is 46.1 Å². The Labute approximate surface area is 149 Å². The van der Waals surface area contributed by atoms with Crippen molar-refractivity contribution in [3.05, 3.63) is 42.4 Å². The lowest BCUT2D eigenvalue weighted by Gasteiger charge is -2.11. The molecule has 25 heavy (non-hydrogen) atoms. The Kier molecular flexibility index (Phi) is 7.19. The highest BCUT2D eigenvalue weighted by Gasteiger charge is 2.08. The molecule has 0 spiro atoms. The van der Waals surface area contributed by atoms with E-state index < -0.39 is 0 Å². The Hall–Kier alpha value is -2.63. The zero-order valence-electron chi connectivity index (χ0n) is 15.1. The number of ether oxygens (including phenoxy) is 1. The molecule has 1 heterocycles. The molecule has 0 radical (unpaired) electrons. The number of benzene rings is 1. The van der Waals surface area contributed by atoms with Crippen LogP contribution in [0.1, 0.15) is 50.5 Å². The molecular formula is C19H26N4O2. The Morgan fingerprint density at radius 2 is 1.92 bits per heavy atom. The first-order chi connectivity index (χ1) is 12.1. The predicted octanol–water partition coefficient (Wildman–Crippen LogP) is 3.93. The van der Waals surface area contributed by atoms with Gasteiger partial charge < -0.3 is 15.4 Å². The maximum Gasteiger partial charge on any atom is 0.270 e. The molecule has 0 saturated heterocycles. The molecule has 1 amide bonds. The molecule has 0 aliphatic rings. The van der Waals surface area contributed by atoms with E-state index in [-0.39, 0.29) is 12.0 Å². The van der Waals surface area contributed by atoms with Crippen molar-refractivity contribution < 1.29 is 9.53 Å². The van der Waals surface area contributed by atoms with Crippen LogP contribution in [0.2, 0.25) is 0 Å². The van der Waals surface area contributed by atoms with E-state index in [1.54, 1.807) is 6.07 Å². The number of carbonyl (C=O) groups is 1. The van der Waals surface area contributed by atoms with Crippen LogP contribution in [0, 0.1) is 0 Å². The third kappa shape index (κ3) is 6.41. The number of aromatic nitrogens is 2. The Morgan fingerprint density at radius 3 is 2.60 bits per heavy atom. The summed E-state index contributed by atoms with van der Waals surface area (Å²) >= 11 is 0. The number of nitrogens with one attached hydrogen (secondary N) is 2. The molecule has 134 valence electrons. The lowest BCUT2D eigenvalue weighted by Crippen LogP contribution is -2.25. The van der Waals surface area contributed by atoms with Gasteiger partial charge in [0.05, 0.1) is 6.10 Å². The van der Waals surface area contributed by atoms with Gasteiger partial charge in [-0.25, -0.2) is 9.97 Å². The van der Waals surface area contributed by atoms with Crippen LogP contribution >= 0.6 is 0 Å². The molecule has 2 N–H and O–H groups in total. The van der Waals surface area contributed by atoms with Crippen LogP contribution in [0.5, 0.6) is 5.75 Å². The fourth-order valence-corrected chi connectivity index (χ4v) is 2.25. The van der Waals surface area contributed by atoms with Gasteiger partial charge in [-0.3, -0.25) is 4.79 Å². The van der Waals surface area contributed by atoms with E-state index in [2.05, 4.69) is 27.5 Å². The molecular weight excluding hydrogens is 316 g/mol. The molecule has 1 aromatic heterocycles. The Bertz CT molecular complexity index is 671. The highest BCUT2D eigenvalue weighted by atomic mass is 16.5. The minimum absolute atomic E-state index is 0.138. The lowest BCUT2D eigenvalue weighted by molar-refractivity contribution is 0.0948. The van der Waals surface area contributed by atoms with Gasteiger partial charge >= 0.3 is 0 Å². The van der Waals surface area contributed by atoms with E-state index in [1.165, 1.54) is 6.33 Å². The molecule has 0 saturated carbocycles. The topological polar surface area (TPSA) is 76.1 Å². The van der Waals surface area contributed by atoms with Crippen LogP contribution in [0.4, 0.5) is 11.5 Å². The van der Waals surface area contributed by atoms with Crippen LogP contribution < -0.4 is 15.4 Å². The summed E-state index contributed by atoms with van der Waals surface area (Å²) < 4.78 is 5.62. The average Bonchev–Trinajstić information content (AvgIpc) is 2.60. The molecule has 0 aliphatic heterocycles. The first-order valence-electron chi connectivity index (χ1n) is 8.72. The van der Waals surface area contributed by atoms with E-state index in [0.717, 1.165) is 30.7 Å². The van der Waals surface area contributed by atoms with Crippen LogP contribution in [0.15, 0.2) is 36.7 Å². The minimum atomic E-state index is -0.178. The summed E-state index contributed by atoms with van der Waals surface area (Å²) in [5.74, 6) is 1.21. The van der Waals surface area contributed by atoms with Crippen molar-refractivity contribution in [2.24, 2.45) is 0 Å². The molecule has 2 aromatic rings. The molecule has 1 aromatic carbocycles. The molecule has 0 bridgehead atoms. The maximum atomic E-state index is 12.1. The molecule has 0 unspecified atom stereocenters. The minimum Gasteiger partial charge on any atom is -0.491 e. The number of hydrogen-bond acceptors (Lipinski definition) is 5. The molecule has 6 nitrogen and oxygen atoms in total. The normalized spacial score (nSPS) is 10.6.